The number of anilines is 1. The smallest absolute Gasteiger partial charge is 0.223 e. The van der Waals surface area contributed by atoms with Gasteiger partial charge >= 0.3 is 0 Å². The minimum atomic E-state index is 0.0601. The predicted molar refractivity (Wildman–Crippen MR) is 108 cm³/mol. The van der Waals surface area contributed by atoms with Gasteiger partial charge in [-0.25, -0.2) is 9.97 Å². The Bertz CT molecular complexity index is 939. The summed E-state index contributed by atoms with van der Waals surface area (Å²) in [7, 11) is 0. The van der Waals surface area contributed by atoms with Gasteiger partial charge in [0.15, 0.2) is 5.65 Å². The third-order valence-electron chi connectivity index (χ3n) is 4.92. The molecule has 0 saturated carbocycles. The summed E-state index contributed by atoms with van der Waals surface area (Å²) in [5.74, 6) is 0.199. The largest absolute Gasteiger partial charge is 0.370 e. The molecule has 0 unspecified atom stereocenters. The first-order chi connectivity index (χ1) is 13.2. The van der Waals surface area contributed by atoms with Gasteiger partial charge in [0.25, 0.3) is 0 Å². The number of carbonyl (C=O) groups is 1. The Kier molecular flexibility index (Phi) is 5.29. The number of hydrogen-bond acceptors (Lipinski definition) is 5. The molecular weight excluding hydrogens is 406 g/mol. The van der Waals surface area contributed by atoms with E-state index in [9.17, 15) is 4.79 Å². The highest BCUT2D eigenvalue weighted by molar-refractivity contribution is 9.10. The van der Waals surface area contributed by atoms with Crippen molar-refractivity contribution in [2.24, 2.45) is 5.92 Å². The van der Waals surface area contributed by atoms with Gasteiger partial charge < -0.3 is 10.2 Å². The van der Waals surface area contributed by atoms with E-state index in [0.717, 1.165) is 47.2 Å². The first kappa shape index (κ1) is 17.9. The maximum absolute atomic E-state index is 12.5. The fraction of sp³-hybridized carbons (Fsp3) is 0.300. The third-order valence-corrected chi connectivity index (χ3v) is 5.45. The minimum absolute atomic E-state index is 0.0601. The molecule has 1 aromatic carbocycles. The van der Waals surface area contributed by atoms with Crippen molar-refractivity contribution < 1.29 is 4.79 Å². The van der Waals surface area contributed by atoms with Crippen LogP contribution in [0.5, 0.6) is 0 Å². The van der Waals surface area contributed by atoms with Crippen molar-refractivity contribution in [1.29, 1.82) is 0 Å². The van der Waals surface area contributed by atoms with Crippen LogP contribution in [0.25, 0.3) is 11.2 Å². The van der Waals surface area contributed by atoms with Crippen LogP contribution in [0.4, 0.5) is 5.69 Å². The molecule has 1 aliphatic heterocycles. The molecule has 1 fully saturated rings. The lowest BCUT2D eigenvalue weighted by Gasteiger charge is -2.32. The molecule has 3 heterocycles. The Morgan fingerprint density at radius 3 is 2.63 bits per heavy atom. The van der Waals surface area contributed by atoms with Crippen LogP contribution >= 0.6 is 15.9 Å². The minimum Gasteiger partial charge on any atom is -0.370 e. The van der Waals surface area contributed by atoms with Gasteiger partial charge in [-0.1, -0.05) is 28.1 Å². The van der Waals surface area contributed by atoms with Gasteiger partial charge in [-0.05, 0) is 36.6 Å². The van der Waals surface area contributed by atoms with E-state index < -0.39 is 0 Å². The summed E-state index contributed by atoms with van der Waals surface area (Å²) in [6, 6.07) is 10.0. The first-order valence-electron chi connectivity index (χ1n) is 9.03. The van der Waals surface area contributed by atoms with Gasteiger partial charge in [0, 0.05) is 42.4 Å². The topological polar surface area (TPSA) is 71.0 Å². The summed E-state index contributed by atoms with van der Waals surface area (Å²) in [6.07, 6.45) is 6.84. The van der Waals surface area contributed by atoms with Gasteiger partial charge in [-0.2, -0.15) is 0 Å². The van der Waals surface area contributed by atoms with Crippen LogP contribution in [0, 0.1) is 5.92 Å². The highest BCUT2D eigenvalue weighted by atomic mass is 79.9. The standard InChI is InChI=1S/C20H20BrN5O/c21-16-3-1-14(2-4-16)12-25-20(27)15-5-9-26(10-6-15)17-11-18-19(24-13-17)23-8-7-22-18/h1-4,7-8,11,13,15H,5-6,9-10,12H2,(H,25,27). The fourth-order valence-electron chi connectivity index (χ4n) is 3.36. The van der Waals surface area contributed by atoms with Gasteiger partial charge in [0.2, 0.25) is 5.91 Å². The van der Waals surface area contributed by atoms with Crippen molar-refractivity contribution in [3.05, 3.63) is 59.0 Å². The highest BCUT2D eigenvalue weighted by Crippen LogP contribution is 2.24. The van der Waals surface area contributed by atoms with Crippen LogP contribution in [0.1, 0.15) is 18.4 Å². The third kappa shape index (κ3) is 4.24. The number of halogens is 1. The summed E-state index contributed by atoms with van der Waals surface area (Å²) in [5, 5.41) is 3.06. The first-order valence-corrected chi connectivity index (χ1v) is 9.82. The molecule has 6 nitrogen and oxygen atoms in total. The molecule has 0 atom stereocenters. The van der Waals surface area contributed by atoms with E-state index in [0.29, 0.717) is 12.2 Å². The summed E-state index contributed by atoms with van der Waals surface area (Å²) in [4.78, 5) is 27.7. The average Bonchev–Trinajstić information content (AvgIpc) is 2.73. The SMILES string of the molecule is O=C(NCc1ccc(Br)cc1)C1CCN(c2cnc3nccnc3c2)CC1. The van der Waals surface area contributed by atoms with Crippen LogP contribution in [-0.2, 0) is 11.3 Å². The second kappa shape index (κ2) is 8.00. The number of pyridine rings is 1. The zero-order chi connectivity index (χ0) is 18.6. The molecule has 1 saturated heterocycles. The molecule has 7 heteroatoms. The monoisotopic (exact) mass is 425 g/mol. The summed E-state index contributed by atoms with van der Waals surface area (Å²) in [6.45, 7) is 2.24. The number of amides is 1. The number of hydrogen-bond donors (Lipinski definition) is 1. The van der Waals surface area contributed by atoms with Gasteiger partial charge in [0.1, 0.15) is 5.52 Å². The van der Waals surface area contributed by atoms with Crippen LogP contribution in [-0.4, -0.2) is 33.9 Å². The molecule has 4 rings (SSSR count). The lowest BCUT2D eigenvalue weighted by Crippen LogP contribution is -2.40. The average molecular weight is 426 g/mol. The van der Waals surface area contributed by atoms with Crippen LogP contribution in [0.2, 0.25) is 0 Å². The number of rotatable bonds is 4. The van der Waals surface area contributed by atoms with Crippen molar-refractivity contribution in [3.8, 4) is 0 Å². The van der Waals surface area contributed by atoms with Gasteiger partial charge in [-0.3, -0.25) is 9.78 Å². The Morgan fingerprint density at radius 1 is 1.11 bits per heavy atom. The summed E-state index contributed by atoms with van der Waals surface area (Å²) < 4.78 is 1.04. The second-order valence-electron chi connectivity index (χ2n) is 6.70. The Morgan fingerprint density at radius 2 is 1.85 bits per heavy atom. The van der Waals surface area contributed by atoms with E-state index in [2.05, 4.69) is 41.1 Å². The van der Waals surface area contributed by atoms with Crippen molar-refractivity contribution >= 4 is 38.7 Å². The molecular formula is C20H20BrN5O. The molecule has 0 aliphatic carbocycles. The Labute approximate surface area is 166 Å². The lowest BCUT2D eigenvalue weighted by atomic mass is 9.95. The summed E-state index contributed by atoms with van der Waals surface area (Å²) in [5.41, 5.74) is 3.59. The number of piperidine rings is 1. The second-order valence-corrected chi connectivity index (χ2v) is 7.61. The summed E-state index contributed by atoms with van der Waals surface area (Å²) >= 11 is 3.42. The normalized spacial score (nSPS) is 15.1. The van der Waals surface area contributed by atoms with Crippen molar-refractivity contribution in [2.45, 2.75) is 19.4 Å². The van der Waals surface area contributed by atoms with E-state index in [-0.39, 0.29) is 11.8 Å². The van der Waals surface area contributed by atoms with Crippen LogP contribution < -0.4 is 10.2 Å². The number of benzene rings is 1. The number of fused-ring (bicyclic) bond motifs is 1. The van der Waals surface area contributed by atoms with Crippen LogP contribution in [0.3, 0.4) is 0 Å². The number of aromatic nitrogens is 3. The van der Waals surface area contributed by atoms with E-state index in [4.69, 9.17) is 0 Å². The molecule has 0 spiro atoms. The molecule has 2 aromatic heterocycles. The molecule has 3 aromatic rings. The Hall–Kier alpha value is -2.54. The molecule has 0 radical (unpaired) electrons. The van der Waals surface area contributed by atoms with E-state index >= 15 is 0 Å². The van der Waals surface area contributed by atoms with Crippen molar-refractivity contribution in [2.75, 3.05) is 18.0 Å². The molecule has 1 N–H and O–H groups in total. The number of nitrogens with one attached hydrogen (secondary N) is 1. The molecule has 27 heavy (non-hydrogen) atoms. The molecule has 1 aliphatic rings. The van der Waals surface area contributed by atoms with Gasteiger partial charge in [0.05, 0.1) is 11.9 Å². The van der Waals surface area contributed by atoms with E-state index in [1.54, 1.807) is 12.4 Å². The molecule has 138 valence electrons. The van der Waals surface area contributed by atoms with E-state index in [1.807, 2.05) is 36.5 Å². The van der Waals surface area contributed by atoms with Crippen molar-refractivity contribution in [3.63, 3.8) is 0 Å². The van der Waals surface area contributed by atoms with Crippen LogP contribution in [0.15, 0.2) is 53.4 Å². The Balaban J connectivity index is 1.32. The van der Waals surface area contributed by atoms with Gasteiger partial charge in [-0.15, -0.1) is 0 Å². The predicted octanol–water partition coefficient (Wildman–Crippen LogP) is 3.32. The highest BCUT2D eigenvalue weighted by Gasteiger charge is 2.25. The number of carbonyl (C=O) groups excluding carboxylic acids is 1. The molecule has 1 amide bonds. The zero-order valence-electron chi connectivity index (χ0n) is 14.8. The van der Waals surface area contributed by atoms with Crippen molar-refractivity contribution in [1.82, 2.24) is 20.3 Å². The molecule has 0 bridgehead atoms. The maximum atomic E-state index is 12.5. The maximum Gasteiger partial charge on any atom is 0.223 e. The lowest BCUT2D eigenvalue weighted by molar-refractivity contribution is -0.125. The number of nitrogens with zero attached hydrogens (tertiary/aromatic N) is 4. The quantitative estimate of drug-likeness (QED) is 0.693. The fourth-order valence-corrected chi connectivity index (χ4v) is 3.62. The zero-order valence-corrected chi connectivity index (χ0v) is 16.4. The van der Waals surface area contributed by atoms with E-state index in [1.165, 1.54) is 0 Å².